The van der Waals surface area contributed by atoms with Gasteiger partial charge in [0.05, 0.1) is 6.04 Å². The zero-order chi connectivity index (χ0) is 18.5. The Labute approximate surface area is 160 Å². The van der Waals surface area contributed by atoms with Crippen LogP contribution in [0.1, 0.15) is 24.0 Å². The zero-order valence-corrected chi connectivity index (χ0v) is 15.8. The second kappa shape index (κ2) is 8.67. The molecule has 3 N–H and O–H groups in total. The van der Waals surface area contributed by atoms with Crippen molar-refractivity contribution in [1.82, 2.24) is 10.2 Å². The predicted molar refractivity (Wildman–Crippen MR) is 106 cm³/mol. The minimum atomic E-state index is -0.194. The Balaban J connectivity index is 1.61. The van der Waals surface area contributed by atoms with Crippen LogP contribution in [-0.4, -0.2) is 36.5 Å². The molecule has 1 heterocycles. The van der Waals surface area contributed by atoms with Crippen LogP contribution in [0.15, 0.2) is 54.6 Å². The highest BCUT2D eigenvalue weighted by Gasteiger charge is 2.36. The monoisotopic (exact) mass is 371 g/mol. The van der Waals surface area contributed by atoms with Gasteiger partial charge in [0.15, 0.2) is 0 Å². The molecule has 0 aliphatic carbocycles. The van der Waals surface area contributed by atoms with Crippen molar-refractivity contribution >= 4 is 17.5 Å². The van der Waals surface area contributed by atoms with Gasteiger partial charge in [0.2, 0.25) is 5.91 Å². The Morgan fingerprint density at radius 2 is 1.88 bits per heavy atom. The van der Waals surface area contributed by atoms with Gasteiger partial charge in [0.25, 0.3) is 0 Å². The Hall–Kier alpha value is -1.88. The van der Waals surface area contributed by atoms with E-state index in [2.05, 4.69) is 34.5 Å². The summed E-state index contributed by atoms with van der Waals surface area (Å²) in [6.07, 6.45) is 0. The fourth-order valence-corrected chi connectivity index (χ4v) is 3.88. The molecule has 1 fully saturated rings. The van der Waals surface area contributed by atoms with Gasteiger partial charge in [0, 0.05) is 30.6 Å². The number of nitrogens with one attached hydrogen (secondary N) is 1. The lowest BCUT2D eigenvalue weighted by atomic mass is 9.89. The molecule has 3 rings (SSSR count). The van der Waals surface area contributed by atoms with E-state index in [-0.39, 0.29) is 11.9 Å². The summed E-state index contributed by atoms with van der Waals surface area (Å²) in [5.41, 5.74) is 8.24. The Bertz CT molecular complexity index is 737. The van der Waals surface area contributed by atoms with Gasteiger partial charge in [-0.3, -0.25) is 9.69 Å². The van der Waals surface area contributed by atoms with E-state index in [0.717, 1.165) is 18.7 Å². The number of likely N-dealkylation sites (tertiary alicyclic amines) is 1. The van der Waals surface area contributed by atoms with Crippen LogP contribution in [-0.2, 0) is 11.3 Å². The summed E-state index contributed by atoms with van der Waals surface area (Å²) in [7, 11) is 0. The molecule has 1 aliphatic rings. The maximum atomic E-state index is 12.6. The first-order valence-corrected chi connectivity index (χ1v) is 9.48. The summed E-state index contributed by atoms with van der Waals surface area (Å²) < 4.78 is 0. The molecule has 0 spiro atoms. The normalized spacial score (nSPS) is 21.5. The number of benzene rings is 2. The number of amides is 1. The quantitative estimate of drug-likeness (QED) is 0.820. The minimum Gasteiger partial charge on any atom is -0.351 e. The summed E-state index contributed by atoms with van der Waals surface area (Å²) in [6, 6.07) is 17.8. The molecule has 26 heavy (non-hydrogen) atoms. The molecule has 0 saturated carbocycles. The predicted octanol–water partition coefficient (Wildman–Crippen LogP) is 3.02. The van der Waals surface area contributed by atoms with Gasteiger partial charge in [-0.2, -0.15) is 0 Å². The van der Waals surface area contributed by atoms with Gasteiger partial charge in [-0.25, -0.2) is 0 Å². The number of hydrogen-bond acceptors (Lipinski definition) is 3. The van der Waals surface area contributed by atoms with Crippen LogP contribution in [0.3, 0.4) is 0 Å². The summed E-state index contributed by atoms with van der Waals surface area (Å²) in [5.74, 6) is 0.769. The van der Waals surface area contributed by atoms with Crippen molar-refractivity contribution in [2.24, 2.45) is 11.7 Å². The highest BCUT2D eigenvalue weighted by atomic mass is 35.5. The van der Waals surface area contributed by atoms with Crippen LogP contribution in [0.4, 0.5) is 0 Å². The average Bonchev–Trinajstić information content (AvgIpc) is 3.11. The third-order valence-electron chi connectivity index (χ3n) is 5.34. The first-order valence-electron chi connectivity index (χ1n) is 9.10. The van der Waals surface area contributed by atoms with Crippen molar-refractivity contribution in [2.45, 2.75) is 25.4 Å². The zero-order valence-electron chi connectivity index (χ0n) is 15.1. The standard InChI is InChI=1S/C21H26ClN3O/c1-15(21(26)24-12-17-9-5-6-10-20(17)22)25-13-18(11-23)19(14-25)16-7-3-2-4-8-16/h2-10,15,18-19H,11-14,23H2,1H3,(H,24,26)/t15?,18-,19+/m1/s1. The SMILES string of the molecule is CC(C(=O)NCc1ccccc1Cl)N1C[C@@H](CN)[C@H](c2ccccc2)C1. The third-order valence-corrected chi connectivity index (χ3v) is 5.71. The first kappa shape index (κ1) is 18.9. The molecule has 0 bridgehead atoms. The van der Waals surface area contributed by atoms with Crippen LogP contribution < -0.4 is 11.1 Å². The van der Waals surface area contributed by atoms with Crippen molar-refractivity contribution in [3.05, 3.63) is 70.7 Å². The molecular formula is C21H26ClN3O. The maximum absolute atomic E-state index is 12.6. The minimum absolute atomic E-state index is 0.0226. The van der Waals surface area contributed by atoms with Crippen LogP contribution in [0.5, 0.6) is 0 Å². The highest BCUT2D eigenvalue weighted by Crippen LogP contribution is 2.33. The second-order valence-electron chi connectivity index (χ2n) is 6.95. The summed E-state index contributed by atoms with van der Waals surface area (Å²) in [5, 5.41) is 3.68. The van der Waals surface area contributed by atoms with E-state index in [1.807, 2.05) is 37.3 Å². The molecule has 2 aromatic carbocycles. The van der Waals surface area contributed by atoms with Crippen molar-refractivity contribution in [2.75, 3.05) is 19.6 Å². The molecule has 0 aromatic heterocycles. The third kappa shape index (κ3) is 4.26. The lowest BCUT2D eigenvalue weighted by Crippen LogP contribution is -2.44. The lowest BCUT2D eigenvalue weighted by molar-refractivity contribution is -0.125. The molecule has 1 unspecified atom stereocenters. The molecule has 1 aliphatic heterocycles. The van der Waals surface area contributed by atoms with E-state index < -0.39 is 0 Å². The molecule has 2 aromatic rings. The molecule has 4 nitrogen and oxygen atoms in total. The van der Waals surface area contributed by atoms with Crippen LogP contribution in [0.2, 0.25) is 5.02 Å². The number of nitrogens with two attached hydrogens (primary N) is 1. The van der Waals surface area contributed by atoms with Crippen molar-refractivity contribution in [3.8, 4) is 0 Å². The average molecular weight is 372 g/mol. The van der Waals surface area contributed by atoms with Crippen molar-refractivity contribution in [3.63, 3.8) is 0 Å². The van der Waals surface area contributed by atoms with Gasteiger partial charge in [-0.05, 0) is 36.6 Å². The fraction of sp³-hybridized carbons (Fsp3) is 0.381. The number of nitrogens with zero attached hydrogens (tertiary/aromatic N) is 1. The maximum Gasteiger partial charge on any atom is 0.237 e. The van der Waals surface area contributed by atoms with Gasteiger partial charge in [-0.1, -0.05) is 60.1 Å². The largest absolute Gasteiger partial charge is 0.351 e. The summed E-state index contributed by atoms with van der Waals surface area (Å²) >= 11 is 6.16. The highest BCUT2D eigenvalue weighted by molar-refractivity contribution is 6.31. The van der Waals surface area contributed by atoms with Crippen LogP contribution >= 0.6 is 11.6 Å². The number of rotatable bonds is 6. The smallest absolute Gasteiger partial charge is 0.237 e. The van der Waals surface area contributed by atoms with Gasteiger partial charge in [0.1, 0.15) is 0 Å². The van der Waals surface area contributed by atoms with E-state index in [4.69, 9.17) is 17.3 Å². The van der Waals surface area contributed by atoms with Crippen LogP contribution in [0, 0.1) is 5.92 Å². The Morgan fingerprint density at radius 3 is 2.58 bits per heavy atom. The first-order chi connectivity index (χ1) is 12.6. The number of carbonyl (C=O) groups is 1. The number of carbonyl (C=O) groups excluding carboxylic acids is 1. The van der Waals surface area contributed by atoms with E-state index in [1.54, 1.807) is 0 Å². The van der Waals surface area contributed by atoms with Crippen molar-refractivity contribution in [1.29, 1.82) is 0 Å². The molecule has 1 saturated heterocycles. The number of hydrogen-bond donors (Lipinski definition) is 2. The molecular weight excluding hydrogens is 346 g/mol. The molecule has 138 valence electrons. The molecule has 3 atom stereocenters. The van der Waals surface area contributed by atoms with E-state index in [1.165, 1.54) is 5.56 Å². The summed E-state index contributed by atoms with van der Waals surface area (Å²) in [6.45, 7) is 4.73. The number of halogens is 1. The van der Waals surface area contributed by atoms with Gasteiger partial charge < -0.3 is 11.1 Å². The van der Waals surface area contributed by atoms with E-state index in [9.17, 15) is 4.79 Å². The van der Waals surface area contributed by atoms with Gasteiger partial charge in [-0.15, -0.1) is 0 Å². The Kier molecular flexibility index (Phi) is 6.30. The lowest BCUT2D eigenvalue weighted by Gasteiger charge is -2.23. The van der Waals surface area contributed by atoms with Crippen LogP contribution in [0.25, 0.3) is 0 Å². The van der Waals surface area contributed by atoms with E-state index >= 15 is 0 Å². The fourth-order valence-electron chi connectivity index (χ4n) is 3.68. The Morgan fingerprint density at radius 1 is 1.19 bits per heavy atom. The second-order valence-corrected chi connectivity index (χ2v) is 7.36. The van der Waals surface area contributed by atoms with Gasteiger partial charge >= 0.3 is 0 Å². The topological polar surface area (TPSA) is 58.4 Å². The summed E-state index contributed by atoms with van der Waals surface area (Å²) in [4.78, 5) is 14.9. The molecule has 5 heteroatoms. The van der Waals surface area contributed by atoms with Crippen molar-refractivity contribution < 1.29 is 4.79 Å². The van der Waals surface area contributed by atoms with E-state index in [0.29, 0.717) is 29.9 Å². The molecule has 0 radical (unpaired) electrons. The molecule has 1 amide bonds.